The van der Waals surface area contributed by atoms with Crippen LogP contribution >= 0.6 is 0 Å². The minimum Gasteiger partial charge on any atom is -0.0624 e. The molecule has 0 nitrogen and oxygen atoms in total. The fraction of sp³-hybridized carbons (Fsp3) is 0.0526. The fourth-order valence-corrected chi connectivity index (χ4v) is 11.5. The molecule has 0 fully saturated rings. The zero-order valence-electron chi connectivity index (χ0n) is 12.4. The molecule has 0 saturated carbocycles. The second-order valence-electron chi connectivity index (χ2n) is 5.36. The summed E-state index contributed by atoms with van der Waals surface area (Å²) in [5.41, 5.74) is 1.31. The Bertz CT molecular complexity index is 582. The predicted molar refractivity (Wildman–Crippen MR) is 98.7 cm³/mol. The highest BCUT2D eigenvalue weighted by Gasteiger charge is 2.36. The highest BCUT2D eigenvalue weighted by atomic mass is 28.4. The van der Waals surface area contributed by atoms with E-state index in [1.165, 1.54) is 31.5 Å². The standard InChI is InChI=1S/C19H20Si2/c20-16-21(17-10-4-1-5-11-17,18-12-6-2-7-13-18)19-14-8-3-9-15-19/h1-15H,16H2,20H3. The van der Waals surface area contributed by atoms with E-state index in [1.807, 2.05) is 0 Å². The molecule has 3 rings (SSSR count). The van der Waals surface area contributed by atoms with Gasteiger partial charge in [-0.25, -0.2) is 0 Å². The third-order valence-electron chi connectivity index (χ3n) is 4.33. The van der Waals surface area contributed by atoms with Crippen molar-refractivity contribution in [3.63, 3.8) is 0 Å². The molecule has 0 N–H and O–H groups in total. The van der Waals surface area contributed by atoms with E-state index in [2.05, 4.69) is 91.0 Å². The van der Waals surface area contributed by atoms with Crippen molar-refractivity contribution in [3.8, 4) is 0 Å². The van der Waals surface area contributed by atoms with Gasteiger partial charge in [0.1, 0.15) is 8.07 Å². The van der Waals surface area contributed by atoms with Crippen LogP contribution in [0.15, 0.2) is 91.0 Å². The first kappa shape index (κ1) is 14.0. The van der Waals surface area contributed by atoms with Crippen LogP contribution in [0.2, 0.25) is 5.67 Å². The Morgan fingerprint density at radius 1 is 0.524 bits per heavy atom. The summed E-state index contributed by atoms with van der Waals surface area (Å²) in [4.78, 5) is 0. The highest BCUT2D eigenvalue weighted by Crippen LogP contribution is 2.10. The Kier molecular flexibility index (Phi) is 4.18. The van der Waals surface area contributed by atoms with Crippen molar-refractivity contribution in [3.05, 3.63) is 91.0 Å². The van der Waals surface area contributed by atoms with Gasteiger partial charge in [0, 0.05) is 10.2 Å². The molecule has 21 heavy (non-hydrogen) atoms. The summed E-state index contributed by atoms with van der Waals surface area (Å²) in [7, 11) is -0.624. The van der Waals surface area contributed by atoms with Gasteiger partial charge in [0.25, 0.3) is 0 Å². The monoisotopic (exact) mass is 304 g/mol. The summed E-state index contributed by atoms with van der Waals surface area (Å²) >= 11 is 0. The molecule has 2 heteroatoms. The van der Waals surface area contributed by atoms with Crippen molar-refractivity contribution in [2.45, 2.75) is 5.67 Å². The quantitative estimate of drug-likeness (QED) is 0.506. The lowest BCUT2D eigenvalue weighted by Gasteiger charge is -2.32. The van der Waals surface area contributed by atoms with Gasteiger partial charge in [0.05, 0.1) is 0 Å². The lowest BCUT2D eigenvalue weighted by Crippen LogP contribution is -2.67. The summed E-state index contributed by atoms with van der Waals surface area (Å²) in [5.74, 6) is 0. The van der Waals surface area contributed by atoms with Gasteiger partial charge in [-0.3, -0.25) is 0 Å². The number of hydrogen-bond acceptors (Lipinski definition) is 0. The molecule has 0 bridgehead atoms. The third kappa shape index (κ3) is 2.52. The smallest absolute Gasteiger partial charge is 0.0624 e. The molecule has 3 aromatic carbocycles. The lowest BCUT2D eigenvalue weighted by atomic mass is 10.3. The Morgan fingerprint density at radius 3 is 1.05 bits per heavy atom. The van der Waals surface area contributed by atoms with Gasteiger partial charge in [0.15, 0.2) is 0 Å². The van der Waals surface area contributed by atoms with Crippen LogP contribution in [-0.2, 0) is 0 Å². The minimum atomic E-state index is -1.84. The first-order chi connectivity index (χ1) is 10.4. The molecule has 0 aromatic heterocycles. The molecule has 0 amide bonds. The Labute approximate surface area is 130 Å². The second kappa shape index (κ2) is 6.25. The highest BCUT2D eigenvalue weighted by molar-refractivity contribution is 7.13. The summed E-state index contributed by atoms with van der Waals surface area (Å²) in [5, 5.41) is 4.58. The van der Waals surface area contributed by atoms with E-state index in [0.717, 1.165) is 0 Å². The van der Waals surface area contributed by atoms with Crippen molar-refractivity contribution in [1.29, 1.82) is 0 Å². The van der Waals surface area contributed by atoms with Crippen LogP contribution in [0.25, 0.3) is 0 Å². The fourth-order valence-electron chi connectivity index (χ4n) is 3.28. The van der Waals surface area contributed by atoms with Gasteiger partial charge >= 0.3 is 0 Å². The molecule has 0 aliphatic carbocycles. The molecule has 0 unspecified atom stereocenters. The van der Waals surface area contributed by atoms with Crippen molar-refractivity contribution in [2.24, 2.45) is 0 Å². The number of benzene rings is 3. The van der Waals surface area contributed by atoms with Crippen LogP contribution in [0.4, 0.5) is 0 Å². The Hall–Kier alpha value is -1.91. The molecule has 0 radical (unpaired) electrons. The molecular weight excluding hydrogens is 284 g/mol. The van der Waals surface area contributed by atoms with Crippen molar-refractivity contribution in [2.75, 3.05) is 0 Å². The van der Waals surface area contributed by atoms with Crippen LogP contribution < -0.4 is 15.6 Å². The molecule has 0 heterocycles. The second-order valence-corrected chi connectivity index (χ2v) is 11.7. The van der Waals surface area contributed by atoms with Gasteiger partial charge < -0.3 is 0 Å². The average molecular weight is 305 g/mol. The molecule has 0 saturated heterocycles. The largest absolute Gasteiger partial charge is 0.145 e. The maximum Gasteiger partial charge on any atom is 0.145 e. The zero-order valence-corrected chi connectivity index (χ0v) is 15.4. The number of hydrogen-bond donors (Lipinski definition) is 0. The van der Waals surface area contributed by atoms with E-state index < -0.39 is 8.07 Å². The molecule has 0 spiro atoms. The van der Waals surface area contributed by atoms with Crippen LogP contribution in [0.5, 0.6) is 0 Å². The number of rotatable bonds is 4. The first-order valence-electron chi connectivity index (χ1n) is 7.54. The van der Waals surface area contributed by atoms with Crippen LogP contribution in [0, 0.1) is 0 Å². The maximum atomic E-state index is 2.32. The van der Waals surface area contributed by atoms with E-state index in [9.17, 15) is 0 Å². The van der Waals surface area contributed by atoms with Gasteiger partial charge in [-0.1, -0.05) is 96.7 Å². The van der Waals surface area contributed by atoms with E-state index in [0.29, 0.717) is 0 Å². The molecule has 0 aliphatic heterocycles. The third-order valence-corrected chi connectivity index (χ3v) is 12.5. The maximum absolute atomic E-state index is 2.32. The van der Waals surface area contributed by atoms with Crippen LogP contribution in [0.1, 0.15) is 0 Å². The molecule has 3 aromatic rings. The van der Waals surface area contributed by atoms with E-state index in [1.54, 1.807) is 0 Å². The SMILES string of the molecule is [SiH3]C[Si](c1ccccc1)(c1ccccc1)c1ccccc1. The normalized spacial score (nSPS) is 11.4. The summed E-state index contributed by atoms with van der Waals surface area (Å²) in [6, 6.07) is 33.4. The Morgan fingerprint density at radius 2 is 0.810 bits per heavy atom. The van der Waals surface area contributed by atoms with Gasteiger partial charge in [0.2, 0.25) is 0 Å². The average Bonchev–Trinajstić information content (AvgIpc) is 2.59. The molecule has 104 valence electrons. The lowest BCUT2D eigenvalue weighted by molar-refractivity contribution is 1.64. The van der Waals surface area contributed by atoms with E-state index in [4.69, 9.17) is 0 Å². The van der Waals surface area contributed by atoms with E-state index in [-0.39, 0.29) is 0 Å². The van der Waals surface area contributed by atoms with Gasteiger partial charge in [-0.15, -0.1) is 0 Å². The van der Waals surface area contributed by atoms with Gasteiger partial charge in [-0.2, -0.15) is 0 Å². The zero-order chi connectivity index (χ0) is 14.5. The summed E-state index contributed by atoms with van der Waals surface area (Å²) < 4.78 is 0. The van der Waals surface area contributed by atoms with Crippen molar-refractivity contribution in [1.82, 2.24) is 0 Å². The van der Waals surface area contributed by atoms with Crippen LogP contribution in [-0.4, -0.2) is 18.3 Å². The summed E-state index contributed by atoms with van der Waals surface area (Å²) in [6.45, 7) is 0. The topological polar surface area (TPSA) is 0 Å². The molecule has 0 aliphatic rings. The van der Waals surface area contributed by atoms with Crippen molar-refractivity contribution >= 4 is 33.9 Å². The summed E-state index contributed by atoms with van der Waals surface area (Å²) in [6.07, 6.45) is 0. The minimum absolute atomic E-state index is 1.21. The van der Waals surface area contributed by atoms with Crippen LogP contribution in [0.3, 0.4) is 0 Å². The van der Waals surface area contributed by atoms with E-state index >= 15 is 0 Å². The Balaban J connectivity index is 2.29. The van der Waals surface area contributed by atoms with Crippen molar-refractivity contribution < 1.29 is 0 Å². The van der Waals surface area contributed by atoms with Gasteiger partial charge in [-0.05, 0) is 15.6 Å². The molecule has 0 atom stereocenters. The predicted octanol–water partition coefficient (Wildman–Crippen LogP) is 1.48. The first-order valence-corrected chi connectivity index (χ1v) is 11.2. The molecular formula is C19H20Si2.